The SMILES string of the molecule is COC(=O)CCCOc1ccc(-c2nc(-c3ccc(OCCCC(=O)OC)c(C)c3O)nc(-c3ccc(OCCCC(=O)OC)c(C)c3N=O)n2)cc1C. The van der Waals surface area contributed by atoms with E-state index >= 15 is 0 Å². The summed E-state index contributed by atoms with van der Waals surface area (Å²) in [4.78, 5) is 61.0. The molecule has 15 nitrogen and oxygen atoms in total. The van der Waals surface area contributed by atoms with Gasteiger partial charge in [-0.25, -0.2) is 15.0 Å². The van der Waals surface area contributed by atoms with Crippen LogP contribution in [-0.2, 0) is 28.6 Å². The minimum Gasteiger partial charge on any atom is -0.507 e. The van der Waals surface area contributed by atoms with E-state index in [1.807, 2.05) is 13.0 Å². The van der Waals surface area contributed by atoms with Crippen molar-refractivity contribution in [2.24, 2.45) is 5.18 Å². The Morgan fingerprint density at radius 2 is 1.06 bits per heavy atom. The molecule has 0 spiro atoms. The molecule has 0 atom stereocenters. The summed E-state index contributed by atoms with van der Waals surface area (Å²) in [6.45, 7) is 5.98. The smallest absolute Gasteiger partial charge is 0.305 e. The van der Waals surface area contributed by atoms with Crippen molar-refractivity contribution < 1.29 is 47.9 Å². The summed E-state index contributed by atoms with van der Waals surface area (Å²) in [5.74, 6) is 0.769. The van der Waals surface area contributed by atoms with E-state index in [1.165, 1.54) is 21.3 Å². The van der Waals surface area contributed by atoms with Crippen molar-refractivity contribution in [3.05, 3.63) is 64.1 Å². The van der Waals surface area contributed by atoms with E-state index in [1.54, 1.807) is 50.2 Å². The first kappa shape index (κ1) is 40.6. The lowest BCUT2D eigenvalue weighted by Gasteiger charge is -2.15. The van der Waals surface area contributed by atoms with Crippen LogP contribution in [-0.4, -0.2) is 79.1 Å². The molecule has 1 aromatic heterocycles. The maximum atomic E-state index is 12.3. The van der Waals surface area contributed by atoms with Crippen LogP contribution >= 0.6 is 0 Å². The van der Waals surface area contributed by atoms with Crippen molar-refractivity contribution in [3.63, 3.8) is 0 Å². The van der Waals surface area contributed by atoms with Crippen LogP contribution in [0.2, 0.25) is 0 Å². The lowest BCUT2D eigenvalue weighted by Crippen LogP contribution is -2.06. The summed E-state index contributed by atoms with van der Waals surface area (Å²) in [7, 11) is 3.98. The van der Waals surface area contributed by atoms with E-state index in [9.17, 15) is 24.4 Å². The lowest BCUT2D eigenvalue weighted by atomic mass is 10.0. The largest absolute Gasteiger partial charge is 0.507 e. The third-order valence-electron chi connectivity index (χ3n) is 8.44. The number of carbonyl (C=O) groups excluding carboxylic acids is 3. The van der Waals surface area contributed by atoms with Crippen LogP contribution in [0.15, 0.2) is 47.6 Å². The highest BCUT2D eigenvalue weighted by atomic mass is 16.5. The molecule has 4 rings (SSSR count). The molecule has 1 heterocycles. The highest BCUT2D eigenvalue weighted by molar-refractivity contribution is 5.79. The number of aromatic nitrogens is 3. The third-order valence-corrected chi connectivity index (χ3v) is 8.44. The van der Waals surface area contributed by atoms with Crippen molar-refractivity contribution in [2.75, 3.05) is 41.2 Å². The monoisotopic (exact) mass is 744 g/mol. The van der Waals surface area contributed by atoms with Gasteiger partial charge in [-0.05, 0) is 93.2 Å². The molecule has 286 valence electrons. The molecule has 0 aliphatic carbocycles. The van der Waals surface area contributed by atoms with E-state index in [4.69, 9.17) is 29.2 Å². The normalized spacial score (nSPS) is 10.7. The Bertz CT molecular complexity index is 1980. The molecule has 0 bridgehead atoms. The first-order chi connectivity index (χ1) is 26.0. The van der Waals surface area contributed by atoms with Gasteiger partial charge in [0.2, 0.25) is 0 Å². The molecule has 4 aromatic rings. The zero-order valence-corrected chi connectivity index (χ0v) is 31.2. The number of carbonyl (C=O) groups is 3. The second kappa shape index (κ2) is 19.6. The molecule has 0 fully saturated rings. The second-order valence-corrected chi connectivity index (χ2v) is 12.1. The molecule has 3 aromatic carbocycles. The lowest BCUT2D eigenvalue weighted by molar-refractivity contribution is -0.141. The molecular weight excluding hydrogens is 700 g/mol. The van der Waals surface area contributed by atoms with Gasteiger partial charge in [0.05, 0.1) is 46.7 Å². The molecule has 15 heteroatoms. The van der Waals surface area contributed by atoms with Crippen LogP contribution in [0.1, 0.15) is 55.2 Å². The number of ether oxygens (including phenoxy) is 6. The fraction of sp³-hybridized carbons (Fsp3) is 0.385. The maximum absolute atomic E-state index is 12.3. The van der Waals surface area contributed by atoms with Gasteiger partial charge in [0.15, 0.2) is 17.5 Å². The van der Waals surface area contributed by atoms with E-state index in [0.717, 1.165) is 5.56 Å². The number of hydrogen-bond donors (Lipinski definition) is 1. The molecule has 54 heavy (non-hydrogen) atoms. The first-order valence-electron chi connectivity index (χ1n) is 17.3. The van der Waals surface area contributed by atoms with Crippen molar-refractivity contribution in [3.8, 4) is 57.2 Å². The van der Waals surface area contributed by atoms with Gasteiger partial charge in [0.25, 0.3) is 0 Å². The number of hydrogen-bond acceptors (Lipinski definition) is 15. The van der Waals surface area contributed by atoms with Gasteiger partial charge < -0.3 is 33.5 Å². The number of nitroso groups, excluding NO2 is 1. The molecule has 0 saturated heterocycles. The Morgan fingerprint density at radius 1 is 0.611 bits per heavy atom. The van der Waals surface area contributed by atoms with Gasteiger partial charge in [-0.15, -0.1) is 4.91 Å². The zero-order valence-electron chi connectivity index (χ0n) is 31.2. The first-order valence-corrected chi connectivity index (χ1v) is 17.3. The van der Waals surface area contributed by atoms with Crippen molar-refractivity contribution in [2.45, 2.75) is 59.3 Å². The zero-order chi connectivity index (χ0) is 39.2. The quantitative estimate of drug-likeness (QED) is 0.0451. The van der Waals surface area contributed by atoms with Crippen LogP contribution in [0.3, 0.4) is 0 Å². The van der Waals surface area contributed by atoms with Crippen LogP contribution in [0, 0.1) is 25.7 Å². The number of methoxy groups -OCH3 is 3. The van der Waals surface area contributed by atoms with E-state index in [2.05, 4.69) is 19.4 Å². The van der Waals surface area contributed by atoms with Crippen molar-refractivity contribution in [1.29, 1.82) is 0 Å². The number of aromatic hydroxyl groups is 1. The van der Waals surface area contributed by atoms with Gasteiger partial charge in [-0.3, -0.25) is 14.4 Å². The molecule has 0 aliphatic rings. The van der Waals surface area contributed by atoms with E-state index in [0.29, 0.717) is 65.4 Å². The molecule has 0 saturated carbocycles. The number of esters is 3. The fourth-order valence-electron chi connectivity index (χ4n) is 5.35. The molecule has 0 radical (unpaired) electrons. The minimum atomic E-state index is -0.352. The van der Waals surface area contributed by atoms with E-state index < -0.39 is 0 Å². The molecule has 0 amide bonds. The topological polar surface area (TPSA) is 195 Å². The Kier molecular flexibility index (Phi) is 14.8. The Morgan fingerprint density at radius 3 is 1.56 bits per heavy atom. The fourth-order valence-corrected chi connectivity index (χ4v) is 5.35. The summed E-state index contributed by atoms with van der Waals surface area (Å²) >= 11 is 0. The van der Waals surface area contributed by atoms with Crippen molar-refractivity contribution in [1.82, 2.24) is 15.0 Å². The average Bonchev–Trinajstić information content (AvgIpc) is 3.18. The summed E-state index contributed by atoms with van der Waals surface area (Å²) in [5, 5.41) is 14.7. The average molecular weight is 745 g/mol. The van der Waals surface area contributed by atoms with Crippen LogP contribution in [0.4, 0.5) is 5.69 Å². The third kappa shape index (κ3) is 10.5. The standard InChI is InChI=1S/C39H44N4O11/c1-23-22-26(13-16-29(23)52-19-7-10-32(44)49-4)37-40-38(27-14-17-30(24(2)35(27)43-48)53-20-8-11-33(45)50-5)42-39(41-37)28-15-18-31(25(3)36(28)47)54-21-9-12-34(46)51-6/h13-18,22,47H,7-12,19-21H2,1-6H3. The molecule has 0 aliphatic heterocycles. The predicted octanol–water partition coefficient (Wildman–Crippen LogP) is 6.90. The van der Waals surface area contributed by atoms with Gasteiger partial charge in [-0.1, -0.05) is 0 Å². The number of nitrogens with zero attached hydrogens (tertiary/aromatic N) is 4. The predicted molar refractivity (Wildman–Crippen MR) is 198 cm³/mol. The Balaban J connectivity index is 1.73. The highest BCUT2D eigenvalue weighted by Gasteiger charge is 2.22. The Labute approximate surface area is 312 Å². The summed E-state index contributed by atoms with van der Waals surface area (Å²) in [6.07, 6.45) is 1.93. The van der Waals surface area contributed by atoms with Crippen LogP contribution < -0.4 is 14.2 Å². The summed E-state index contributed by atoms with van der Waals surface area (Å²) < 4.78 is 31.6. The number of benzene rings is 3. The maximum Gasteiger partial charge on any atom is 0.305 e. The van der Waals surface area contributed by atoms with Gasteiger partial charge in [0, 0.05) is 41.5 Å². The van der Waals surface area contributed by atoms with Crippen molar-refractivity contribution >= 4 is 23.6 Å². The van der Waals surface area contributed by atoms with Gasteiger partial charge in [0.1, 0.15) is 28.7 Å². The van der Waals surface area contributed by atoms with Crippen LogP contribution in [0.5, 0.6) is 23.0 Å². The minimum absolute atomic E-state index is 0.0477. The van der Waals surface area contributed by atoms with Gasteiger partial charge in [-0.2, -0.15) is 0 Å². The number of rotatable bonds is 19. The second-order valence-electron chi connectivity index (χ2n) is 12.1. The Hall–Kier alpha value is -6.12. The summed E-state index contributed by atoms with van der Waals surface area (Å²) in [6, 6.07) is 12.0. The molecule has 0 unspecified atom stereocenters. The molecular formula is C39H44N4O11. The highest BCUT2D eigenvalue weighted by Crippen LogP contribution is 2.40. The number of aryl methyl sites for hydroxylation is 1. The number of phenols is 1. The van der Waals surface area contributed by atoms with Crippen LogP contribution in [0.25, 0.3) is 34.2 Å². The van der Waals surface area contributed by atoms with E-state index in [-0.39, 0.29) is 84.9 Å². The number of phenolic OH excluding ortho intramolecular Hbond substituents is 1. The van der Waals surface area contributed by atoms with Gasteiger partial charge >= 0.3 is 17.9 Å². The summed E-state index contributed by atoms with van der Waals surface area (Å²) in [5.41, 5.74) is 2.89. The molecule has 1 N–H and O–H groups in total.